The summed E-state index contributed by atoms with van der Waals surface area (Å²) >= 11 is 0. The van der Waals surface area contributed by atoms with Crippen molar-refractivity contribution in [3.05, 3.63) is 35.4 Å². The number of likely N-dealkylation sites (N-methyl/N-ethyl adjacent to an activating group) is 1. The molecule has 3 unspecified atom stereocenters. The highest BCUT2D eigenvalue weighted by Gasteiger charge is 2.36. The second kappa shape index (κ2) is 6.25. The minimum absolute atomic E-state index is 0.413. The van der Waals surface area contributed by atoms with E-state index in [1.807, 2.05) is 0 Å². The average Bonchev–Trinajstić information content (AvgIpc) is 2.95. The van der Waals surface area contributed by atoms with Gasteiger partial charge in [0.15, 0.2) is 0 Å². The predicted octanol–water partition coefficient (Wildman–Crippen LogP) is 2.51. The summed E-state index contributed by atoms with van der Waals surface area (Å²) in [5.41, 5.74) is 2.80. The molecule has 0 bridgehead atoms. The van der Waals surface area contributed by atoms with Gasteiger partial charge in [-0.1, -0.05) is 24.3 Å². The van der Waals surface area contributed by atoms with Crippen LogP contribution in [0.2, 0.25) is 0 Å². The van der Waals surface area contributed by atoms with Gasteiger partial charge in [-0.25, -0.2) is 0 Å². The van der Waals surface area contributed by atoms with Crippen LogP contribution in [0.15, 0.2) is 24.3 Å². The fourth-order valence-electron chi connectivity index (χ4n) is 3.79. The normalized spacial score (nSPS) is 28.3. The third kappa shape index (κ3) is 2.76. The van der Waals surface area contributed by atoms with Gasteiger partial charge in [0, 0.05) is 25.2 Å². The number of rotatable bonds is 4. The first-order valence-electron chi connectivity index (χ1n) is 7.88. The van der Waals surface area contributed by atoms with Gasteiger partial charge in [0.1, 0.15) is 0 Å². The molecule has 2 aliphatic rings. The van der Waals surface area contributed by atoms with Gasteiger partial charge in [0.25, 0.3) is 0 Å². The summed E-state index contributed by atoms with van der Waals surface area (Å²) in [5, 5.41) is 3.50. The van der Waals surface area contributed by atoms with Crippen LogP contribution in [0.3, 0.4) is 0 Å². The predicted molar refractivity (Wildman–Crippen MR) is 81.9 cm³/mol. The zero-order valence-corrected chi connectivity index (χ0v) is 12.6. The summed E-state index contributed by atoms with van der Waals surface area (Å²) in [6.07, 6.45) is 4.35. The number of benzene rings is 1. The van der Waals surface area contributed by atoms with Crippen molar-refractivity contribution in [1.29, 1.82) is 0 Å². The van der Waals surface area contributed by atoms with Crippen LogP contribution in [0.1, 0.15) is 36.4 Å². The molecular weight excluding hydrogens is 248 g/mol. The van der Waals surface area contributed by atoms with Crippen LogP contribution in [0, 0.1) is 6.92 Å². The highest BCUT2D eigenvalue weighted by molar-refractivity contribution is 5.29. The number of nitrogens with one attached hydrogen (secondary N) is 1. The lowest BCUT2D eigenvalue weighted by molar-refractivity contribution is -0.0581. The van der Waals surface area contributed by atoms with Crippen molar-refractivity contribution in [3.63, 3.8) is 0 Å². The van der Waals surface area contributed by atoms with Crippen LogP contribution in [0.5, 0.6) is 0 Å². The van der Waals surface area contributed by atoms with E-state index in [0.29, 0.717) is 18.2 Å². The van der Waals surface area contributed by atoms with Crippen LogP contribution in [-0.4, -0.2) is 43.8 Å². The Balaban J connectivity index is 1.73. The Morgan fingerprint density at radius 3 is 3.00 bits per heavy atom. The highest BCUT2D eigenvalue weighted by Crippen LogP contribution is 2.31. The number of ether oxygens (including phenoxy) is 1. The lowest BCUT2D eigenvalue weighted by atomic mass is 9.99. The van der Waals surface area contributed by atoms with Gasteiger partial charge in [-0.3, -0.25) is 4.90 Å². The van der Waals surface area contributed by atoms with Crippen molar-refractivity contribution >= 4 is 0 Å². The minimum atomic E-state index is 0.413. The molecule has 3 rings (SSSR count). The van der Waals surface area contributed by atoms with Crippen molar-refractivity contribution in [2.24, 2.45) is 0 Å². The summed E-state index contributed by atoms with van der Waals surface area (Å²) in [6.45, 7) is 5.26. The summed E-state index contributed by atoms with van der Waals surface area (Å²) in [7, 11) is 2.07. The molecule has 110 valence electrons. The maximum Gasteiger partial charge on any atom is 0.0730 e. The van der Waals surface area contributed by atoms with Crippen LogP contribution < -0.4 is 5.32 Å². The largest absolute Gasteiger partial charge is 0.375 e. The van der Waals surface area contributed by atoms with Gasteiger partial charge >= 0.3 is 0 Å². The minimum Gasteiger partial charge on any atom is -0.375 e. The highest BCUT2D eigenvalue weighted by atomic mass is 16.5. The number of hydrogen-bond acceptors (Lipinski definition) is 3. The maximum atomic E-state index is 5.91. The number of nitrogens with zero attached hydrogens (tertiary/aromatic N) is 1. The zero-order valence-electron chi connectivity index (χ0n) is 12.6. The summed E-state index contributed by atoms with van der Waals surface area (Å²) in [4.78, 5) is 2.65. The van der Waals surface area contributed by atoms with Crippen molar-refractivity contribution < 1.29 is 4.74 Å². The fourth-order valence-corrected chi connectivity index (χ4v) is 3.79. The SMILES string of the molecule is CNC(CN1CCOC2CCCC21)c1ccccc1C. The van der Waals surface area contributed by atoms with Crippen LogP contribution >= 0.6 is 0 Å². The summed E-state index contributed by atoms with van der Waals surface area (Å²) in [6, 6.07) is 9.78. The second-order valence-corrected chi connectivity index (χ2v) is 6.10. The summed E-state index contributed by atoms with van der Waals surface area (Å²) < 4.78 is 5.91. The van der Waals surface area contributed by atoms with Gasteiger partial charge in [-0.15, -0.1) is 0 Å². The van der Waals surface area contributed by atoms with E-state index in [2.05, 4.69) is 48.5 Å². The molecule has 1 aromatic carbocycles. The molecule has 0 amide bonds. The molecule has 1 aliphatic heterocycles. The zero-order chi connectivity index (χ0) is 13.9. The summed E-state index contributed by atoms with van der Waals surface area (Å²) in [5.74, 6) is 0. The van der Waals surface area contributed by atoms with Crippen LogP contribution in [0.4, 0.5) is 0 Å². The topological polar surface area (TPSA) is 24.5 Å². The Morgan fingerprint density at radius 1 is 1.35 bits per heavy atom. The molecule has 3 nitrogen and oxygen atoms in total. The lowest BCUT2D eigenvalue weighted by Crippen LogP contribution is -2.50. The molecule has 2 fully saturated rings. The van der Waals surface area contributed by atoms with Gasteiger partial charge < -0.3 is 10.1 Å². The van der Waals surface area contributed by atoms with Crippen LogP contribution in [0.25, 0.3) is 0 Å². The first-order chi connectivity index (χ1) is 9.79. The fraction of sp³-hybridized carbons (Fsp3) is 0.647. The molecule has 1 aromatic rings. The molecule has 0 aromatic heterocycles. The Labute approximate surface area is 122 Å². The van der Waals surface area contributed by atoms with E-state index in [1.54, 1.807) is 0 Å². The van der Waals surface area contributed by atoms with Crippen molar-refractivity contribution in [3.8, 4) is 0 Å². The maximum absolute atomic E-state index is 5.91. The quantitative estimate of drug-likeness (QED) is 0.913. The van der Waals surface area contributed by atoms with E-state index in [-0.39, 0.29) is 0 Å². The molecule has 1 aliphatic carbocycles. The first kappa shape index (κ1) is 14.1. The van der Waals surface area contributed by atoms with E-state index in [0.717, 1.165) is 19.7 Å². The smallest absolute Gasteiger partial charge is 0.0730 e. The van der Waals surface area contributed by atoms with E-state index in [4.69, 9.17) is 4.74 Å². The van der Waals surface area contributed by atoms with Gasteiger partial charge in [0.05, 0.1) is 12.7 Å². The van der Waals surface area contributed by atoms with E-state index in [9.17, 15) is 0 Å². The molecular formula is C17H26N2O. The number of fused-ring (bicyclic) bond motifs is 1. The van der Waals surface area contributed by atoms with Crippen molar-refractivity contribution in [2.75, 3.05) is 26.7 Å². The van der Waals surface area contributed by atoms with Crippen LogP contribution in [-0.2, 0) is 4.74 Å². The molecule has 20 heavy (non-hydrogen) atoms. The Hall–Kier alpha value is -0.900. The van der Waals surface area contributed by atoms with E-state index in [1.165, 1.54) is 30.4 Å². The molecule has 0 radical (unpaired) electrons. The van der Waals surface area contributed by atoms with E-state index < -0.39 is 0 Å². The third-order valence-electron chi connectivity index (χ3n) is 4.93. The molecule has 0 spiro atoms. The Bertz CT molecular complexity index is 448. The van der Waals surface area contributed by atoms with Gasteiger partial charge in [-0.2, -0.15) is 0 Å². The Kier molecular flexibility index (Phi) is 4.39. The molecule has 1 N–H and O–H groups in total. The van der Waals surface area contributed by atoms with Gasteiger partial charge in [0.2, 0.25) is 0 Å². The molecule has 1 saturated carbocycles. The average molecular weight is 274 g/mol. The Morgan fingerprint density at radius 2 is 2.20 bits per heavy atom. The van der Waals surface area contributed by atoms with Crippen molar-refractivity contribution in [2.45, 2.75) is 44.4 Å². The molecule has 1 heterocycles. The van der Waals surface area contributed by atoms with Gasteiger partial charge in [-0.05, 0) is 44.4 Å². The standard InChI is InChI=1S/C17H26N2O/c1-13-6-3-4-7-14(13)15(18-2)12-19-10-11-20-17-9-5-8-16(17)19/h3-4,6-7,15-18H,5,8-12H2,1-2H3. The second-order valence-electron chi connectivity index (χ2n) is 6.10. The molecule has 3 heteroatoms. The lowest BCUT2D eigenvalue weighted by Gasteiger charge is -2.39. The third-order valence-corrected chi connectivity index (χ3v) is 4.93. The van der Waals surface area contributed by atoms with Crippen molar-refractivity contribution in [1.82, 2.24) is 10.2 Å². The van der Waals surface area contributed by atoms with E-state index >= 15 is 0 Å². The number of hydrogen-bond donors (Lipinski definition) is 1. The number of morpholine rings is 1. The molecule has 1 saturated heterocycles. The molecule has 3 atom stereocenters. The number of aryl methyl sites for hydroxylation is 1. The monoisotopic (exact) mass is 274 g/mol. The first-order valence-corrected chi connectivity index (χ1v) is 7.88.